The van der Waals surface area contributed by atoms with E-state index in [-0.39, 0.29) is 5.41 Å². The lowest BCUT2D eigenvalue weighted by Crippen LogP contribution is -2.53. The molecule has 0 unspecified atom stereocenters. The number of methoxy groups -OCH3 is 1. The van der Waals surface area contributed by atoms with Crippen molar-refractivity contribution in [1.29, 1.82) is 0 Å². The molecule has 116 valence electrons. The highest BCUT2D eigenvalue weighted by molar-refractivity contribution is 5.83. The summed E-state index contributed by atoms with van der Waals surface area (Å²) in [5.41, 5.74) is -0.294. The summed E-state index contributed by atoms with van der Waals surface area (Å²) in [6.07, 6.45) is 6.61. The first-order valence-electron chi connectivity index (χ1n) is 8.06. The van der Waals surface area contributed by atoms with Crippen LogP contribution in [-0.4, -0.2) is 50.7 Å². The number of nitrogens with one attached hydrogen (secondary N) is 1. The number of amides is 1. The Labute approximate surface area is 123 Å². The zero-order chi connectivity index (χ0) is 14.6. The van der Waals surface area contributed by atoms with Gasteiger partial charge in [-0.25, -0.2) is 0 Å². The maximum Gasteiger partial charge on any atom is 0.231 e. The zero-order valence-electron chi connectivity index (χ0n) is 13.3. The van der Waals surface area contributed by atoms with Gasteiger partial charge in [-0.1, -0.05) is 6.92 Å². The number of hydrogen-bond donors (Lipinski definition) is 1. The minimum atomic E-state index is -0.294. The van der Waals surface area contributed by atoms with Gasteiger partial charge in [-0.3, -0.25) is 4.79 Å². The normalized spacial score (nSPS) is 29.9. The predicted octanol–water partition coefficient (Wildman–Crippen LogP) is 2.04. The van der Waals surface area contributed by atoms with Gasteiger partial charge in [0.15, 0.2) is 0 Å². The number of nitrogens with zero attached hydrogens (tertiary/aromatic N) is 1. The van der Waals surface area contributed by atoms with E-state index in [0.29, 0.717) is 18.6 Å². The van der Waals surface area contributed by atoms with Crippen LogP contribution in [0.25, 0.3) is 0 Å². The maximum absolute atomic E-state index is 13.0. The topological polar surface area (TPSA) is 41.6 Å². The van der Waals surface area contributed by atoms with Crippen molar-refractivity contribution in [3.63, 3.8) is 0 Å². The summed E-state index contributed by atoms with van der Waals surface area (Å²) < 4.78 is 5.39. The Balaban J connectivity index is 2.02. The van der Waals surface area contributed by atoms with Crippen molar-refractivity contribution >= 4 is 5.91 Å². The molecule has 0 radical (unpaired) electrons. The van der Waals surface area contributed by atoms with Gasteiger partial charge in [-0.15, -0.1) is 0 Å². The molecule has 1 saturated heterocycles. The van der Waals surface area contributed by atoms with Crippen LogP contribution < -0.4 is 5.32 Å². The number of rotatable bonds is 4. The second-order valence-corrected chi connectivity index (χ2v) is 6.79. The summed E-state index contributed by atoms with van der Waals surface area (Å²) >= 11 is 0. The third-order valence-electron chi connectivity index (χ3n) is 5.29. The molecule has 0 spiro atoms. The van der Waals surface area contributed by atoms with Crippen LogP contribution in [-0.2, 0) is 9.53 Å². The fraction of sp³-hybridized carbons (Fsp3) is 0.938. The Kier molecular flexibility index (Phi) is 5.44. The van der Waals surface area contributed by atoms with Crippen LogP contribution in [0.2, 0.25) is 0 Å². The van der Waals surface area contributed by atoms with Crippen molar-refractivity contribution in [3.8, 4) is 0 Å². The van der Waals surface area contributed by atoms with Crippen molar-refractivity contribution < 1.29 is 9.53 Å². The highest BCUT2D eigenvalue weighted by Crippen LogP contribution is 2.34. The maximum atomic E-state index is 13.0. The Hall–Kier alpha value is -0.610. The Morgan fingerprint density at radius 2 is 1.85 bits per heavy atom. The number of carbonyl (C=O) groups excluding carboxylic acids is 1. The minimum absolute atomic E-state index is 0.294. The van der Waals surface area contributed by atoms with Crippen LogP contribution in [0.15, 0.2) is 0 Å². The van der Waals surface area contributed by atoms with E-state index in [4.69, 9.17) is 4.74 Å². The summed E-state index contributed by atoms with van der Waals surface area (Å²) in [6, 6.07) is 0.433. The molecular weight excluding hydrogens is 252 g/mol. The molecule has 4 nitrogen and oxygen atoms in total. The van der Waals surface area contributed by atoms with E-state index in [1.165, 1.54) is 12.8 Å². The van der Waals surface area contributed by atoms with Crippen LogP contribution in [0.1, 0.15) is 45.4 Å². The van der Waals surface area contributed by atoms with Gasteiger partial charge < -0.3 is 15.0 Å². The summed E-state index contributed by atoms with van der Waals surface area (Å²) in [5, 5.41) is 3.35. The largest absolute Gasteiger partial charge is 0.384 e. The van der Waals surface area contributed by atoms with Crippen LogP contribution in [0.4, 0.5) is 0 Å². The molecular formula is C16H30N2O2. The first-order chi connectivity index (χ1) is 9.59. The third kappa shape index (κ3) is 3.34. The van der Waals surface area contributed by atoms with Gasteiger partial charge in [-0.05, 0) is 57.5 Å². The minimum Gasteiger partial charge on any atom is -0.384 e. The van der Waals surface area contributed by atoms with E-state index in [9.17, 15) is 4.79 Å². The van der Waals surface area contributed by atoms with Gasteiger partial charge in [0.1, 0.15) is 0 Å². The smallest absolute Gasteiger partial charge is 0.231 e. The summed E-state index contributed by atoms with van der Waals surface area (Å²) in [4.78, 5) is 15.0. The highest BCUT2D eigenvalue weighted by atomic mass is 16.5. The molecule has 0 aromatic rings. The van der Waals surface area contributed by atoms with Crippen LogP contribution in [0.5, 0.6) is 0 Å². The molecule has 2 fully saturated rings. The monoisotopic (exact) mass is 282 g/mol. The molecule has 1 amide bonds. The molecule has 2 aliphatic rings. The molecule has 1 saturated carbocycles. The molecule has 1 N–H and O–H groups in total. The van der Waals surface area contributed by atoms with Gasteiger partial charge in [-0.2, -0.15) is 0 Å². The second kappa shape index (κ2) is 6.90. The SMILES string of the molecule is COCC1(C(=O)N(C)C2CCC(C)CC2)CCNCC1. The first-order valence-corrected chi connectivity index (χ1v) is 8.06. The molecule has 0 aromatic heterocycles. The summed E-state index contributed by atoms with van der Waals surface area (Å²) in [6.45, 7) is 4.72. The first kappa shape index (κ1) is 15.8. The van der Waals surface area contributed by atoms with Crippen molar-refractivity contribution in [2.45, 2.75) is 51.5 Å². The van der Waals surface area contributed by atoms with Crippen molar-refractivity contribution in [1.82, 2.24) is 10.2 Å². The average molecular weight is 282 g/mol. The number of carbonyl (C=O) groups is 1. The van der Waals surface area contributed by atoms with Gasteiger partial charge in [0, 0.05) is 20.2 Å². The van der Waals surface area contributed by atoms with Gasteiger partial charge in [0.05, 0.1) is 12.0 Å². The number of piperidine rings is 1. The standard InChI is InChI=1S/C16H30N2O2/c1-13-4-6-14(7-5-13)18(2)15(19)16(12-20-3)8-10-17-11-9-16/h13-14,17H,4-12H2,1-3H3. The van der Waals surface area contributed by atoms with Crippen molar-refractivity contribution in [3.05, 3.63) is 0 Å². The number of hydrogen-bond acceptors (Lipinski definition) is 3. The molecule has 20 heavy (non-hydrogen) atoms. The molecule has 0 atom stereocenters. The Bertz CT molecular complexity index is 313. The zero-order valence-corrected chi connectivity index (χ0v) is 13.3. The van der Waals surface area contributed by atoms with E-state index in [1.54, 1.807) is 7.11 Å². The fourth-order valence-electron chi connectivity index (χ4n) is 3.77. The van der Waals surface area contributed by atoms with E-state index in [2.05, 4.69) is 12.2 Å². The Morgan fingerprint density at radius 1 is 1.25 bits per heavy atom. The Morgan fingerprint density at radius 3 is 2.40 bits per heavy atom. The highest BCUT2D eigenvalue weighted by Gasteiger charge is 2.43. The van der Waals surface area contributed by atoms with Crippen molar-refractivity contribution in [2.75, 3.05) is 33.9 Å². The van der Waals surface area contributed by atoms with Gasteiger partial charge in [0.25, 0.3) is 0 Å². The molecule has 1 aliphatic carbocycles. The molecule has 2 rings (SSSR count). The van der Waals surface area contributed by atoms with E-state index >= 15 is 0 Å². The molecule has 1 heterocycles. The molecule has 0 aromatic carbocycles. The van der Waals surface area contributed by atoms with Crippen LogP contribution in [0.3, 0.4) is 0 Å². The number of ether oxygens (including phenoxy) is 1. The fourth-order valence-corrected chi connectivity index (χ4v) is 3.77. The average Bonchev–Trinajstić information content (AvgIpc) is 2.48. The van der Waals surface area contributed by atoms with E-state index in [0.717, 1.165) is 44.7 Å². The lowest BCUT2D eigenvalue weighted by molar-refractivity contribution is -0.149. The summed E-state index contributed by atoms with van der Waals surface area (Å²) in [7, 11) is 3.71. The van der Waals surface area contributed by atoms with Gasteiger partial charge >= 0.3 is 0 Å². The van der Waals surface area contributed by atoms with Crippen LogP contribution >= 0.6 is 0 Å². The van der Waals surface area contributed by atoms with Crippen molar-refractivity contribution in [2.24, 2.45) is 11.3 Å². The lowest BCUT2D eigenvalue weighted by Gasteiger charge is -2.42. The molecule has 1 aliphatic heterocycles. The molecule has 0 bridgehead atoms. The molecule has 4 heteroatoms. The van der Waals surface area contributed by atoms with E-state index in [1.807, 2.05) is 11.9 Å². The second-order valence-electron chi connectivity index (χ2n) is 6.79. The lowest BCUT2D eigenvalue weighted by atomic mass is 9.77. The quantitative estimate of drug-likeness (QED) is 0.858. The summed E-state index contributed by atoms with van der Waals surface area (Å²) in [5.74, 6) is 1.13. The predicted molar refractivity (Wildman–Crippen MR) is 80.6 cm³/mol. The van der Waals surface area contributed by atoms with Crippen LogP contribution in [0, 0.1) is 11.3 Å². The third-order valence-corrected chi connectivity index (χ3v) is 5.29. The van der Waals surface area contributed by atoms with E-state index < -0.39 is 0 Å². The van der Waals surface area contributed by atoms with Gasteiger partial charge in [0.2, 0.25) is 5.91 Å².